The van der Waals surface area contributed by atoms with E-state index in [1.807, 2.05) is 0 Å². The van der Waals surface area contributed by atoms with Crippen molar-refractivity contribution in [3.63, 3.8) is 0 Å². The van der Waals surface area contributed by atoms with E-state index in [2.05, 4.69) is 13.8 Å². The van der Waals surface area contributed by atoms with Gasteiger partial charge in [-0.15, -0.1) is 0 Å². The first-order valence-corrected chi connectivity index (χ1v) is 21.6. The average molecular weight is 731 g/mol. The van der Waals surface area contributed by atoms with Crippen molar-refractivity contribution in [2.24, 2.45) is 0 Å². The maximum atomic E-state index is 13.6. The number of fused-ring (bicyclic) bond motifs is 1. The van der Waals surface area contributed by atoms with Gasteiger partial charge in [0, 0.05) is 28.2 Å². The van der Waals surface area contributed by atoms with E-state index in [1.165, 1.54) is 121 Å². The molecule has 0 aliphatic heterocycles. The topological polar surface area (TPSA) is 131 Å². The molecule has 9 heteroatoms. The number of hydrogen-bond donors (Lipinski definition) is 5. The predicted molar refractivity (Wildman–Crippen MR) is 212 cm³/mol. The second-order valence-corrected chi connectivity index (χ2v) is 15.9. The van der Waals surface area contributed by atoms with Gasteiger partial charge in [-0.3, -0.25) is 4.79 Å². The van der Waals surface area contributed by atoms with Crippen molar-refractivity contribution < 1.29 is 29.9 Å². The lowest BCUT2D eigenvalue weighted by Crippen LogP contribution is -2.06. The summed E-state index contributed by atoms with van der Waals surface area (Å²) in [7, 11) is 0. The zero-order valence-corrected chi connectivity index (χ0v) is 32.2. The number of unbranched alkanes of at least 4 members (excludes halogenated alkanes) is 18. The molecule has 0 spiro atoms. The number of aromatic hydroxyl groups is 5. The van der Waals surface area contributed by atoms with Gasteiger partial charge in [-0.25, -0.2) is 0 Å². The summed E-state index contributed by atoms with van der Waals surface area (Å²) in [4.78, 5) is 13.6. The molecule has 0 unspecified atom stereocenters. The van der Waals surface area contributed by atoms with Gasteiger partial charge in [0.1, 0.15) is 22.5 Å². The first-order valence-electron chi connectivity index (χ1n) is 19.2. The SMILES string of the molecule is CCCCCCCCCCCCSCc1c(O)c(CSCCCCCCCCCCCC)c2oc(-c3ccc(O)c(O)c3)c(O)c(=O)c2c1O. The molecule has 1 aromatic heterocycles. The molecule has 0 aliphatic rings. The molecule has 2 aromatic carbocycles. The van der Waals surface area contributed by atoms with Crippen LogP contribution >= 0.6 is 23.5 Å². The molecule has 5 N–H and O–H groups in total. The number of hydrogen-bond acceptors (Lipinski definition) is 9. The molecule has 3 rings (SSSR count). The largest absolute Gasteiger partial charge is 0.507 e. The van der Waals surface area contributed by atoms with Crippen molar-refractivity contribution in [3.8, 4) is 40.1 Å². The van der Waals surface area contributed by atoms with E-state index >= 15 is 0 Å². The number of rotatable bonds is 27. The minimum absolute atomic E-state index is 0.0179. The lowest BCUT2D eigenvalue weighted by molar-refractivity contribution is 0.403. The molecule has 0 fully saturated rings. The second-order valence-electron chi connectivity index (χ2n) is 13.6. The second kappa shape index (κ2) is 23.8. The Morgan fingerprint density at radius 3 is 1.48 bits per heavy atom. The Hall–Kier alpha value is -2.65. The highest BCUT2D eigenvalue weighted by Crippen LogP contribution is 2.45. The normalized spacial score (nSPS) is 11.6. The molecular weight excluding hydrogens is 669 g/mol. The molecular formula is C41H62O7S2. The van der Waals surface area contributed by atoms with Gasteiger partial charge >= 0.3 is 0 Å². The van der Waals surface area contributed by atoms with Crippen LogP contribution in [0.3, 0.4) is 0 Å². The molecule has 0 saturated carbocycles. The maximum Gasteiger partial charge on any atom is 0.238 e. The average Bonchev–Trinajstić information content (AvgIpc) is 3.10. The molecule has 0 atom stereocenters. The molecule has 3 aromatic rings. The number of phenolic OH excluding ortho intramolecular Hbond substituents is 4. The van der Waals surface area contributed by atoms with Gasteiger partial charge < -0.3 is 29.9 Å². The summed E-state index contributed by atoms with van der Waals surface area (Å²) in [6, 6.07) is 3.84. The molecule has 0 saturated heterocycles. The Labute approximate surface area is 308 Å². The maximum absolute atomic E-state index is 13.6. The zero-order chi connectivity index (χ0) is 36.1. The number of phenols is 4. The fraction of sp³-hybridized carbons (Fsp3) is 0.634. The van der Waals surface area contributed by atoms with Crippen LogP contribution in [0.15, 0.2) is 27.4 Å². The molecule has 0 radical (unpaired) electrons. The van der Waals surface area contributed by atoms with Gasteiger partial charge in [-0.2, -0.15) is 23.5 Å². The highest BCUT2D eigenvalue weighted by Gasteiger charge is 2.26. The van der Waals surface area contributed by atoms with Crippen LogP contribution in [0.2, 0.25) is 0 Å². The Balaban J connectivity index is 1.68. The van der Waals surface area contributed by atoms with Crippen molar-refractivity contribution in [1.82, 2.24) is 0 Å². The van der Waals surface area contributed by atoms with Crippen LogP contribution in [0.4, 0.5) is 0 Å². The summed E-state index contributed by atoms with van der Waals surface area (Å²) in [6.45, 7) is 4.48. The first kappa shape index (κ1) is 41.8. The Kier molecular flexibility index (Phi) is 19.8. The summed E-state index contributed by atoms with van der Waals surface area (Å²) >= 11 is 3.26. The van der Waals surface area contributed by atoms with Crippen LogP contribution in [0.25, 0.3) is 22.3 Å². The molecule has 1 heterocycles. The molecule has 0 aliphatic carbocycles. The van der Waals surface area contributed by atoms with Crippen molar-refractivity contribution in [1.29, 1.82) is 0 Å². The molecule has 0 amide bonds. The Morgan fingerprint density at radius 1 is 0.540 bits per heavy atom. The zero-order valence-electron chi connectivity index (χ0n) is 30.6. The molecule has 280 valence electrons. The summed E-state index contributed by atoms with van der Waals surface area (Å²) in [5.41, 5.74) is 0.0741. The Bertz CT molecular complexity index is 1490. The molecule has 50 heavy (non-hydrogen) atoms. The highest BCUT2D eigenvalue weighted by molar-refractivity contribution is 7.98. The van der Waals surface area contributed by atoms with E-state index in [4.69, 9.17) is 4.42 Å². The van der Waals surface area contributed by atoms with E-state index in [-0.39, 0.29) is 45.1 Å². The van der Waals surface area contributed by atoms with E-state index in [1.54, 1.807) is 23.5 Å². The van der Waals surface area contributed by atoms with Gasteiger partial charge in [0.2, 0.25) is 11.2 Å². The van der Waals surface area contributed by atoms with E-state index in [0.717, 1.165) is 37.2 Å². The van der Waals surface area contributed by atoms with Crippen LogP contribution in [-0.4, -0.2) is 37.0 Å². The fourth-order valence-corrected chi connectivity index (χ4v) is 8.42. The third-order valence-electron chi connectivity index (χ3n) is 9.47. The van der Waals surface area contributed by atoms with Crippen LogP contribution in [0.5, 0.6) is 28.7 Å². The van der Waals surface area contributed by atoms with Crippen molar-refractivity contribution >= 4 is 34.5 Å². The van der Waals surface area contributed by atoms with Gasteiger partial charge in [-0.05, 0) is 42.5 Å². The standard InChI is InChI=1S/C41H62O7S2/c1-3-5-7-9-11-13-15-17-19-21-25-49-28-31-36(44)32(29-50-26-22-20-18-16-14-12-10-8-6-4-2)41-35(37(31)45)38(46)39(47)40(48-41)30-23-24-33(42)34(43)27-30/h23-24,27,42-45,47H,3-22,25-26,28-29H2,1-2H3. The summed E-state index contributed by atoms with van der Waals surface area (Å²) < 4.78 is 6.09. The van der Waals surface area contributed by atoms with Crippen LogP contribution < -0.4 is 5.43 Å². The lowest BCUT2D eigenvalue weighted by Gasteiger charge is -2.16. The summed E-state index contributed by atoms with van der Waals surface area (Å²) in [6.07, 6.45) is 25.1. The molecule has 0 bridgehead atoms. The molecule has 7 nitrogen and oxygen atoms in total. The first-order chi connectivity index (χ1) is 24.3. The number of thioether (sulfide) groups is 2. The number of benzene rings is 2. The van der Waals surface area contributed by atoms with Gasteiger partial charge in [0.25, 0.3) is 0 Å². The van der Waals surface area contributed by atoms with Gasteiger partial charge in [0.15, 0.2) is 17.3 Å². The van der Waals surface area contributed by atoms with Crippen molar-refractivity contribution in [2.75, 3.05) is 11.5 Å². The third-order valence-corrected chi connectivity index (χ3v) is 11.6. The minimum atomic E-state index is -0.812. The van der Waals surface area contributed by atoms with Crippen LogP contribution in [0.1, 0.15) is 153 Å². The van der Waals surface area contributed by atoms with Gasteiger partial charge in [0.05, 0.1) is 0 Å². The fourth-order valence-electron chi connectivity index (χ4n) is 6.37. The summed E-state index contributed by atoms with van der Waals surface area (Å²) in [5.74, 6) is 0.279. The quantitative estimate of drug-likeness (QED) is 0.0384. The van der Waals surface area contributed by atoms with Crippen LogP contribution in [0, 0.1) is 0 Å². The third kappa shape index (κ3) is 13.2. The lowest BCUT2D eigenvalue weighted by atomic mass is 10.0. The van der Waals surface area contributed by atoms with E-state index in [0.29, 0.717) is 17.1 Å². The van der Waals surface area contributed by atoms with E-state index < -0.39 is 16.9 Å². The van der Waals surface area contributed by atoms with Crippen molar-refractivity contribution in [2.45, 2.75) is 154 Å². The smallest absolute Gasteiger partial charge is 0.238 e. The van der Waals surface area contributed by atoms with Crippen LogP contribution in [-0.2, 0) is 11.5 Å². The van der Waals surface area contributed by atoms with Gasteiger partial charge in [-0.1, -0.05) is 129 Å². The van der Waals surface area contributed by atoms with Crippen molar-refractivity contribution in [3.05, 3.63) is 39.5 Å². The Morgan fingerprint density at radius 2 is 1.00 bits per heavy atom. The predicted octanol–water partition coefficient (Wildman–Crippen LogP) is 12.3. The highest BCUT2D eigenvalue weighted by atomic mass is 32.2. The minimum Gasteiger partial charge on any atom is -0.507 e. The monoisotopic (exact) mass is 730 g/mol. The summed E-state index contributed by atoms with van der Waals surface area (Å²) in [5, 5.41) is 53.5. The van der Waals surface area contributed by atoms with E-state index in [9.17, 15) is 30.3 Å².